The molecule has 5 nitrogen and oxygen atoms in total. The number of benzene rings is 1. The van der Waals surface area contributed by atoms with Gasteiger partial charge in [-0.25, -0.2) is 4.79 Å². The lowest BCUT2D eigenvalue weighted by atomic mass is 9.89. The van der Waals surface area contributed by atoms with Gasteiger partial charge in [-0.15, -0.1) is 0 Å². The summed E-state index contributed by atoms with van der Waals surface area (Å²) in [5, 5.41) is 5.72. The van der Waals surface area contributed by atoms with E-state index in [2.05, 4.69) is 10.6 Å². The van der Waals surface area contributed by atoms with Gasteiger partial charge in [0.1, 0.15) is 11.4 Å². The number of carbonyl (C=O) groups is 1. The van der Waals surface area contributed by atoms with E-state index in [4.69, 9.17) is 10.5 Å². The number of rotatable bonds is 2. The molecule has 0 aromatic heterocycles. The molecule has 2 amide bonds. The first-order valence-corrected chi connectivity index (χ1v) is 6.54. The first kappa shape index (κ1) is 13.5. The molecule has 1 atom stereocenters. The smallest absolute Gasteiger partial charge is 0.315 e. The van der Waals surface area contributed by atoms with E-state index < -0.39 is 0 Å². The number of ether oxygens (including phenoxy) is 1. The molecule has 0 saturated carbocycles. The highest BCUT2D eigenvalue weighted by Crippen LogP contribution is 2.40. The second kappa shape index (κ2) is 4.99. The van der Waals surface area contributed by atoms with Crippen LogP contribution in [0.1, 0.15) is 38.8 Å². The predicted octanol–water partition coefficient (Wildman–Crippen LogP) is 2.19. The maximum absolute atomic E-state index is 11.7. The molecule has 1 aromatic carbocycles. The average molecular weight is 263 g/mol. The molecule has 0 radical (unpaired) electrons. The molecule has 1 aliphatic rings. The zero-order chi connectivity index (χ0) is 14.0. The number of hydrogen-bond acceptors (Lipinski definition) is 3. The Balaban J connectivity index is 2.28. The monoisotopic (exact) mass is 263 g/mol. The topological polar surface area (TPSA) is 76.4 Å². The number of urea groups is 1. The molecule has 1 unspecified atom stereocenters. The fraction of sp³-hybridized carbons (Fsp3) is 0.500. The number of nitrogens with one attached hydrogen (secondary N) is 2. The minimum atomic E-state index is -0.312. The molecule has 0 spiro atoms. The molecular weight excluding hydrogens is 242 g/mol. The van der Waals surface area contributed by atoms with Crippen LogP contribution in [0.5, 0.6) is 5.75 Å². The zero-order valence-corrected chi connectivity index (χ0v) is 11.6. The van der Waals surface area contributed by atoms with Crippen LogP contribution in [0.25, 0.3) is 0 Å². The molecule has 5 heteroatoms. The van der Waals surface area contributed by atoms with E-state index in [9.17, 15) is 4.79 Å². The van der Waals surface area contributed by atoms with Crippen molar-refractivity contribution in [3.8, 4) is 5.75 Å². The Morgan fingerprint density at radius 3 is 2.95 bits per heavy atom. The Morgan fingerprint density at radius 1 is 1.53 bits per heavy atom. The number of fused-ring (bicyclic) bond motifs is 1. The van der Waals surface area contributed by atoms with Crippen LogP contribution in [0.15, 0.2) is 18.2 Å². The molecule has 1 aliphatic heterocycles. The van der Waals surface area contributed by atoms with Gasteiger partial charge in [-0.2, -0.15) is 0 Å². The third kappa shape index (κ3) is 3.10. The molecule has 1 aromatic rings. The number of carbonyl (C=O) groups excluding carboxylic acids is 1. The van der Waals surface area contributed by atoms with Gasteiger partial charge in [0.05, 0.1) is 6.04 Å². The van der Waals surface area contributed by atoms with E-state index in [1.54, 1.807) is 0 Å². The Hall–Kier alpha value is -1.91. The van der Waals surface area contributed by atoms with Gasteiger partial charge in [-0.1, -0.05) is 0 Å². The second-order valence-corrected chi connectivity index (χ2v) is 5.42. The van der Waals surface area contributed by atoms with Crippen molar-refractivity contribution in [3.63, 3.8) is 0 Å². The van der Waals surface area contributed by atoms with Gasteiger partial charge >= 0.3 is 6.03 Å². The molecule has 0 saturated heterocycles. The molecule has 0 fully saturated rings. The first-order chi connectivity index (χ1) is 8.91. The van der Waals surface area contributed by atoms with E-state index in [0.29, 0.717) is 18.7 Å². The SMILES string of the molecule is CCNC(=O)NC1CC(C)(C)Oc2ccc(N)cc21. The fourth-order valence-electron chi connectivity index (χ4n) is 2.37. The van der Waals surface area contributed by atoms with E-state index in [-0.39, 0.29) is 17.7 Å². The molecule has 4 N–H and O–H groups in total. The summed E-state index contributed by atoms with van der Waals surface area (Å²) >= 11 is 0. The largest absolute Gasteiger partial charge is 0.487 e. The quantitative estimate of drug-likeness (QED) is 0.716. The summed E-state index contributed by atoms with van der Waals surface area (Å²) in [6.07, 6.45) is 0.709. The van der Waals surface area contributed by atoms with Crippen LogP contribution >= 0.6 is 0 Å². The van der Waals surface area contributed by atoms with Gasteiger partial charge in [0.15, 0.2) is 0 Å². The number of nitrogens with two attached hydrogens (primary N) is 1. The van der Waals surface area contributed by atoms with Crippen molar-refractivity contribution in [1.82, 2.24) is 10.6 Å². The van der Waals surface area contributed by atoms with Gasteiger partial charge in [0, 0.05) is 24.2 Å². The highest BCUT2D eigenvalue weighted by molar-refractivity contribution is 5.74. The molecular formula is C14H21N3O2. The van der Waals surface area contributed by atoms with Crippen LogP contribution < -0.4 is 21.1 Å². The Labute approximate surface area is 113 Å². The van der Waals surface area contributed by atoms with Gasteiger partial charge in [0.2, 0.25) is 0 Å². The summed E-state index contributed by atoms with van der Waals surface area (Å²) in [6.45, 7) is 6.51. The first-order valence-electron chi connectivity index (χ1n) is 6.54. The maximum Gasteiger partial charge on any atom is 0.315 e. The number of amides is 2. The Kier molecular flexibility index (Phi) is 3.55. The minimum Gasteiger partial charge on any atom is -0.487 e. The lowest BCUT2D eigenvalue weighted by Crippen LogP contribution is -2.44. The summed E-state index contributed by atoms with van der Waals surface area (Å²) in [5.41, 5.74) is 7.11. The van der Waals surface area contributed by atoms with E-state index in [1.165, 1.54) is 0 Å². The molecule has 0 bridgehead atoms. The Morgan fingerprint density at radius 2 is 2.26 bits per heavy atom. The van der Waals surface area contributed by atoms with Crippen LogP contribution in [0.2, 0.25) is 0 Å². The van der Waals surface area contributed by atoms with Gasteiger partial charge in [-0.05, 0) is 39.0 Å². The van der Waals surface area contributed by atoms with Crippen molar-refractivity contribution in [2.75, 3.05) is 12.3 Å². The summed E-state index contributed by atoms with van der Waals surface area (Å²) in [6, 6.07) is 5.27. The van der Waals surface area contributed by atoms with E-state index in [0.717, 1.165) is 11.3 Å². The third-order valence-electron chi connectivity index (χ3n) is 3.13. The molecule has 19 heavy (non-hydrogen) atoms. The van der Waals surface area contributed by atoms with Crippen molar-refractivity contribution < 1.29 is 9.53 Å². The van der Waals surface area contributed by atoms with E-state index >= 15 is 0 Å². The predicted molar refractivity (Wildman–Crippen MR) is 75.1 cm³/mol. The summed E-state index contributed by atoms with van der Waals surface area (Å²) < 4.78 is 5.92. The highest BCUT2D eigenvalue weighted by atomic mass is 16.5. The van der Waals surface area contributed by atoms with Gasteiger partial charge in [-0.3, -0.25) is 0 Å². The van der Waals surface area contributed by atoms with Crippen molar-refractivity contribution in [2.24, 2.45) is 0 Å². The summed E-state index contributed by atoms with van der Waals surface area (Å²) in [7, 11) is 0. The molecule has 1 heterocycles. The Bertz CT molecular complexity index is 486. The lowest BCUT2D eigenvalue weighted by Gasteiger charge is -2.38. The summed E-state index contributed by atoms with van der Waals surface area (Å²) in [4.78, 5) is 11.7. The van der Waals surface area contributed by atoms with Crippen molar-refractivity contribution in [2.45, 2.75) is 38.8 Å². The third-order valence-corrected chi connectivity index (χ3v) is 3.13. The normalized spacial score (nSPS) is 20.1. The van der Waals surface area contributed by atoms with Crippen LogP contribution in [-0.4, -0.2) is 18.2 Å². The number of nitrogen functional groups attached to an aromatic ring is 1. The van der Waals surface area contributed by atoms with Gasteiger partial charge in [0.25, 0.3) is 0 Å². The maximum atomic E-state index is 11.7. The number of anilines is 1. The molecule has 104 valence electrons. The van der Waals surface area contributed by atoms with E-state index in [1.807, 2.05) is 39.0 Å². The van der Waals surface area contributed by atoms with Crippen molar-refractivity contribution in [3.05, 3.63) is 23.8 Å². The standard InChI is InChI=1S/C14H21N3O2/c1-4-16-13(18)17-11-8-14(2,3)19-12-6-5-9(15)7-10(11)12/h5-7,11H,4,8,15H2,1-3H3,(H2,16,17,18). The number of hydrogen-bond donors (Lipinski definition) is 3. The minimum absolute atomic E-state index is 0.0891. The van der Waals surface area contributed by atoms with Crippen LogP contribution in [-0.2, 0) is 0 Å². The van der Waals surface area contributed by atoms with Crippen LogP contribution in [0.4, 0.5) is 10.5 Å². The molecule has 2 rings (SSSR count). The van der Waals surface area contributed by atoms with Gasteiger partial charge < -0.3 is 21.1 Å². The van der Waals surface area contributed by atoms with Crippen LogP contribution in [0, 0.1) is 0 Å². The second-order valence-electron chi connectivity index (χ2n) is 5.42. The lowest BCUT2D eigenvalue weighted by molar-refractivity contribution is 0.0679. The average Bonchev–Trinajstić information content (AvgIpc) is 2.29. The highest BCUT2D eigenvalue weighted by Gasteiger charge is 2.34. The molecule has 0 aliphatic carbocycles. The van der Waals surface area contributed by atoms with Crippen LogP contribution in [0.3, 0.4) is 0 Å². The van der Waals surface area contributed by atoms with Crippen molar-refractivity contribution >= 4 is 11.7 Å². The fourth-order valence-corrected chi connectivity index (χ4v) is 2.37. The zero-order valence-electron chi connectivity index (χ0n) is 11.6. The summed E-state index contributed by atoms with van der Waals surface area (Å²) in [5.74, 6) is 0.784. The van der Waals surface area contributed by atoms with Crippen molar-refractivity contribution in [1.29, 1.82) is 0 Å².